The number of rotatable bonds is 7. The summed E-state index contributed by atoms with van der Waals surface area (Å²) < 4.78 is 10.6. The van der Waals surface area contributed by atoms with Gasteiger partial charge in [0.05, 0.1) is 25.3 Å². The Morgan fingerprint density at radius 3 is 2.41 bits per heavy atom. The minimum Gasteiger partial charge on any atom is -0.494 e. The van der Waals surface area contributed by atoms with Gasteiger partial charge in [-0.05, 0) is 43.2 Å². The fraction of sp³-hybridized carbons (Fsp3) is 0.385. The minimum absolute atomic E-state index is 0.333. The first kappa shape index (κ1) is 23.6. The zero-order valence-corrected chi connectivity index (χ0v) is 20.0. The molecule has 0 unspecified atom stereocenters. The molecule has 180 valence electrons. The topological polar surface area (TPSA) is 83.1 Å². The number of piperazine rings is 1. The highest BCUT2D eigenvalue weighted by atomic mass is 16.5. The van der Waals surface area contributed by atoms with Crippen molar-refractivity contribution >= 4 is 17.7 Å². The lowest BCUT2D eigenvalue weighted by atomic mass is 9.95. The molecular weight excluding hydrogens is 432 g/mol. The number of benzene rings is 2. The van der Waals surface area contributed by atoms with Gasteiger partial charge in [0.15, 0.2) is 0 Å². The van der Waals surface area contributed by atoms with Gasteiger partial charge in [-0.2, -0.15) is 0 Å². The van der Waals surface area contributed by atoms with Gasteiger partial charge in [0, 0.05) is 44.1 Å². The maximum atomic E-state index is 12.8. The van der Waals surface area contributed by atoms with Crippen LogP contribution in [0.2, 0.25) is 0 Å². The molecule has 2 N–H and O–H groups in total. The van der Waals surface area contributed by atoms with Crippen LogP contribution in [0.1, 0.15) is 24.1 Å². The molecule has 1 fully saturated rings. The Labute approximate surface area is 200 Å². The number of hydrogen-bond donors (Lipinski definition) is 2. The smallest absolute Gasteiger partial charge is 0.338 e. The Hall–Kier alpha value is -3.52. The number of nitrogens with one attached hydrogen (secondary N) is 2. The van der Waals surface area contributed by atoms with Crippen LogP contribution in [0.3, 0.4) is 0 Å². The van der Waals surface area contributed by atoms with E-state index in [1.807, 2.05) is 31.2 Å². The largest absolute Gasteiger partial charge is 0.494 e. The summed E-state index contributed by atoms with van der Waals surface area (Å²) in [6.07, 6.45) is 0. The summed E-state index contributed by atoms with van der Waals surface area (Å²) in [5, 5.41) is 5.74. The number of aryl methyl sites for hydroxylation is 1. The molecule has 4 rings (SSSR count). The summed E-state index contributed by atoms with van der Waals surface area (Å²) in [5.74, 6) is 0.279. The molecule has 0 spiro atoms. The van der Waals surface area contributed by atoms with Crippen molar-refractivity contribution in [2.75, 3.05) is 51.3 Å². The van der Waals surface area contributed by atoms with Crippen molar-refractivity contribution in [1.29, 1.82) is 0 Å². The first-order chi connectivity index (χ1) is 16.5. The molecule has 34 heavy (non-hydrogen) atoms. The number of carbonyl (C=O) groups is 2. The average molecular weight is 465 g/mol. The van der Waals surface area contributed by atoms with E-state index in [4.69, 9.17) is 9.47 Å². The Balaban J connectivity index is 1.54. The Kier molecular flexibility index (Phi) is 7.37. The van der Waals surface area contributed by atoms with E-state index in [0.29, 0.717) is 24.4 Å². The second-order valence-corrected chi connectivity index (χ2v) is 8.47. The van der Waals surface area contributed by atoms with Crippen molar-refractivity contribution in [2.45, 2.75) is 19.9 Å². The van der Waals surface area contributed by atoms with Crippen LogP contribution in [0.15, 0.2) is 59.8 Å². The zero-order valence-electron chi connectivity index (χ0n) is 20.0. The summed E-state index contributed by atoms with van der Waals surface area (Å²) in [7, 11) is 1.36. The van der Waals surface area contributed by atoms with Crippen LogP contribution in [0.5, 0.6) is 5.75 Å². The maximum Gasteiger partial charge on any atom is 0.338 e. The molecule has 2 aromatic rings. The molecule has 2 heterocycles. The molecule has 2 aliphatic heterocycles. The number of esters is 1. The Morgan fingerprint density at radius 1 is 1.06 bits per heavy atom. The number of hydrogen-bond acceptors (Lipinski definition) is 6. The number of amides is 2. The molecular formula is C26H32N4O4. The van der Waals surface area contributed by atoms with Crippen LogP contribution < -0.4 is 20.3 Å². The monoisotopic (exact) mass is 464 g/mol. The lowest BCUT2D eigenvalue weighted by Gasteiger charge is -2.38. The summed E-state index contributed by atoms with van der Waals surface area (Å²) >= 11 is 0. The predicted molar refractivity (Wildman–Crippen MR) is 131 cm³/mol. The predicted octanol–water partition coefficient (Wildman–Crippen LogP) is 3.00. The zero-order chi connectivity index (χ0) is 24.1. The standard InChI is InChI=1S/C26H32N4O4/c1-4-34-20-11-9-19(10-12-20)24-23(25(31)33-3)21(27-26(32)28-24)17-29-13-15-30(16-14-29)22-8-6-5-7-18(22)2/h5-12,24H,4,13-17H2,1-3H3,(H2,27,28,32)/t24-/m0/s1. The Bertz CT molecular complexity index is 1060. The van der Waals surface area contributed by atoms with Crippen LogP contribution >= 0.6 is 0 Å². The molecule has 8 heteroatoms. The third-order valence-corrected chi connectivity index (χ3v) is 6.29. The van der Waals surface area contributed by atoms with E-state index in [2.05, 4.69) is 51.6 Å². The van der Waals surface area contributed by atoms with Gasteiger partial charge in [-0.25, -0.2) is 9.59 Å². The molecule has 0 bridgehead atoms. The van der Waals surface area contributed by atoms with Gasteiger partial charge in [0.1, 0.15) is 5.75 Å². The third-order valence-electron chi connectivity index (χ3n) is 6.29. The molecule has 1 atom stereocenters. The SMILES string of the molecule is CCOc1ccc([C@@H]2NC(=O)NC(CN3CCN(c4ccccc4C)CC3)=C2C(=O)OC)cc1. The summed E-state index contributed by atoms with van der Waals surface area (Å²) in [6, 6.07) is 14.9. The average Bonchev–Trinajstić information content (AvgIpc) is 2.85. The molecule has 2 amide bonds. The van der Waals surface area contributed by atoms with E-state index in [1.54, 1.807) is 0 Å². The number of urea groups is 1. The van der Waals surface area contributed by atoms with Crippen LogP contribution in [0.25, 0.3) is 0 Å². The van der Waals surface area contributed by atoms with Gasteiger partial charge >= 0.3 is 12.0 Å². The molecule has 8 nitrogen and oxygen atoms in total. The van der Waals surface area contributed by atoms with Gasteiger partial charge in [-0.1, -0.05) is 30.3 Å². The lowest BCUT2D eigenvalue weighted by Crippen LogP contribution is -2.51. The van der Waals surface area contributed by atoms with Crippen molar-refractivity contribution in [3.05, 3.63) is 70.9 Å². The van der Waals surface area contributed by atoms with Gasteiger partial charge in [0.2, 0.25) is 0 Å². The molecule has 0 aliphatic carbocycles. The first-order valence-corrected chi connectivity index (χ1v) is 11.6. The van der Waals surface area contributed by atoms with Crippen molar-refractivity contribution in [2.24, 2.45) is 0 Å². The highest BCUT2D eigenvalue weighted by Gasteiger charge is 2.34. The van der Waals surface area contributed by atoms with Gasteiger partial charge < -0.3 is 25.0 Å². The van der Waals surface area contributed by atoms with E-state index in [1.165, 1.54) is 18.4 Å². The second-order valence-electron chi connectivity index (χ2n) is 8.47. The molecule has 0 radical (unpaired) electrons. The maximum absolute atomic E-state index is 12.8. The highest BCUT2D eigenvalue weighted by molar-refractivity contribution is 5.95. The molecule has 0 aromatic heterocycles. The van der Waals surface area contributed by atoms with E-state index < -0.39 is 12.0 Å². The van der Waals surface area contributed by atoms with Crippen LogP contribution in [-0.4, -0.2) is 63.3 Å². The summed E-state index contributed by atoms with van der Waals surface area (Å²) in [5.41, 5.74) is 4.31. The van der Waals surface area contributed by atoms with Crippen LogP contribution in [0, 0.1) is 6.92 Å². The van der Waals surface area contributed by atoms with Crippen molar-refractivity contribution in [3.8, 4) is 5.75 Å². The second kappa shape index (κ2) is 10.6. The molecule has 2 aliphatic rings. The fourth-order valence-corrected chi connectivity index (χ4v) is 4.56. The number of anilines is 1. The van der Waals surface area contributed by atoms with Gasteiger partial charge in [-0.15, -0.1) is 0 Å². The summed E-state index contributed by atoms with van der Waals surface area (Å²) in [6.45, 7) is 8.48. The minimum atomic E-state index is -0.597. The number of para-hydroxylation sites is 1. The number of carbonyl (C=O) groups excluding carboxylic acids is 2. The van der Waals surface area contributed by atoms with Crippen LogP contribution in [0.4, 0.5) is 10.5 Å². The van der Waals surface area contributed by atoms with E-state index in [-0.39, 0.29) is 6.03 Å². The van der Waals surface area contributed by atoms with E-state index >= 15 is 0 Å². The first-order valence-electron chi connectivity index (χ1n) is 11.6. The van der Waals surface area contributed by atoms with Gasteiger partial charge in [-0.3, -0.25) is 4.90 Å². The fourth-order valence-electron chi connectivity index (χ4n) is 4.56. The lowest BCUT2D eigenvalue weighted by molar-refractivity contribution is -0.136. The number of nitrogens with zero attached hydrogens (tertiary/aromatic N) is 2. The van der Waals surface area contributed by atoms with Crippen molar-refractivity contribution in [3.63, 3.8) is 0 Å². The van der Waals surface area contributed by atoms with Crippen molar-refractivity contribution in [1.82, 2.24) is 15.5 Å². The van der Waals surface area contributed by atoms with E-state index in [0.717, 1.165) is 37.5 Å². The van der Waals surface area contributed by atoms with Crippen molar-refractivity contribution < 1.29 is 19.1 Å². The Morgan fingerprint density at radius 2 is 1.76 bits per heavy atom. The molecule has 1 saturated heterocycles. The van der Waals surface area contributed by atoms with Crippen LogP contribution in [-0.2, 0) is 9.53 Å². The molecule has 0 saturated carbocycles. The quantitative estimate of drug-likeness (QED) is 0.613. The number of methoxy groups -OCH3 is 1. The summed E-state index contributed by atoms with van der Waals surface area (Å²) in [4.78, 5) is 30.0. The number of ether oxygens (including phenoxy) is 2. The van der Waals surface area contributed by atoms with Gasteiger partial charge in [0.25, 0.3) is 0 Å². The highest BCUT2D eigenvalue weighted by Crippen LogP contribution is 2.30. The van der Waals surface area contributed by atoms with E-state index in [9.17, 15) is 9.59 Å². The molecule has 2 aromatic carbocycles. The normalized spacial score (nSPS) is 18.9. The third kappa shape index (κ3) is 5.17.